The fraction of sp³-hybridized carbons (Fsp3) is 0.933. The average Bonchev–Trinajstić information content (AvgIpc) is 2.85. The van der Waals surface area contributed by atoms with Gasteiger partial charge in [-0.3, -0.25) is 4.79 Å². The third kappa shape index (κ3) is 1.47. The number of hydrogen-bond donors (Lipinski definition) is 2. The van der Waals surface area contributed by atoms with Crippen molar-refractivity contribution in [1.29, 1.82) is 0 Å². The second kappa shape index (κ2) is 4.04. The lowest BCUT2D eigenvalue weighted by molar-refractivity contribution is -0.122. The Bertz CT molecular complexity index is 367. The van der Waals surface area contributed by atoms with Crippen molar-refractivity contribution in [3.63, 3.8) is 0 Å². The summed E-state index contributed by atoms with van der Waals surface area (Å²) in [4.78, 5) is 12.3. The minimum absolute atomic E-state index is 0.0621. The van der Waals surface area contributed by atoms with E-state index < -0.39 is 0 Å². The van der Waals surface area contributed by atoms with E-state index in [1.807, 2.05) is 0 Å². The summed E-state index contributed by atoms with van der Waals surface area (Å²) in [6.07, 6.45) is 2.89. The van der Waals surface area contributed by atoms with Crippen LogP contribution in [0.1, 0.15) is 33.1 Å². The summed E-state index contributed by atoms with van der Waals surface area (Å²) in [5.41, 5.74) is -0.168. The number of Topliss-reactive ketones (excluding diaryl/α,β-unsaturated/α-hetero) is 1. The molecule has 18 heavy (non-hydrogen) atoms. The van der Waals surface area contributed by atoms with Crippen LogP contribution in [0.3, 0.4) is 0 Å². The van der Waals surface area contributed by atoms with Crippen LogP contribution in [0.5, 0.6) is 0 Å². The molecule has 7 atom stereocenters. The predicted octanol–water partition coefficient (Wildman–Crippen LogP) is 1.47. The summed E-state index contributed by atoms with van der Waals surface area (Å²) >= 11 is 0. The Labute approximate surface area is 109 Å². The van der Waals surface area contributed by atoms with Crippen LogP contribution in [0, 0.1) is 40.9 Å². The van der Waals surface area contributed by atoms with Crippen molar-refractivity contribution in [2.75, 3.05) is 13.2 Å². The van der Waals surface area contributed by atoms with Crippen molar-refractivity contribution in [1.82, 2.24) is 0 Å². The number of carbonyl (C=O) groups excluding carboxylic acids is 1. The van der Waals surface area contributed by atoms with E-state index in [4.69, 9.17) is 0 Å². The Morgan fingerprint density at radius 3 is 2.67 bits per heavy atom. The highest BCUT2D eigenvalue weighted by Crippen LogP contribution is 2.69. The molecule has 3 heteroatoms. The molecule has 3 rings (SSSR count). The van der Waals surface area contributed by atoms with Crippen LogP contribution >= 0.6 is 0 Å². The molecule has 0 amide bonds. The SMILES string of the molecule is C[C@@H]1CC[C@@H]2[C@@H](CO)CC(=O)[C@@H]3[C@H]([C@@H]21)[C@@]3(C)CO. The van der Waals surface area contributed by atoms with Crippen LogP contribution < -0.4 is 0 Å². The van der Waals surface area contributed by atoms with E-state index >= 15 is 0 Å². The number of aliphatic hydroxyl groups excluding tert-OH is 2. The first kappa shape index (κ1) is 12.6. The molecule has 2 N–H and O–H groups in total. The van der Waals surface area contributed by atoms with Crippen molar-refractivity contribution in [3.8, 4) is 0 Å². The molecule has 0 spiro atoms. The molecule has 0 aromatic heterocycles. The molecule has 0 aromatic rings. The van der Waals surface area contributed by atoms with Crippen molar-refractivity contribution < 1.29 is 15.0 Å². The highest BCUT2D eigenvalue weighted by atomic mass is 16.3. The fourth-order valence-electron chi connectivity index (χ4n) is 5.20. The maximum Gasteiger partial charge on any atom is 0.137 e. The molecule has 3 saturated carbocycles. The number of ketones is 1. The van der Waals surface area contributed by atoms with Crippen LogP contribution in [-0.4, -0.2) is 29.2 Å². The zero-order valence-electron chi connectivity index (χ0n) is 11.3. The number of fused-ring (bicyclic) bond motifs is 3. The van der Waals surface area contributed by atoms with E-state index in [1.54, 1.807) is 0 Å². The molecule has 0 bridgehead atoms. The second-order valence-corrected chi connectivity index (χ2v) is 7.08. The minimum atomic E-state index is -0.168. The Kier molecular flexibility index (Phi) is 2.83. The summed E-state index contributed by atoms with van der Waals surface area (Å²) in [6, 6.07) is 0. The lowest BCUT2D eigenvalue weighted by Crippen LogP contribution is -2.28. The monoisotopic (exact) mass is 252 g/mol. The van der Waals surface area contributed by atoms with E-state index in [2.05, 4.69) is 13.8 Å². The van der Waals surface area contributed by atoms with E-state index in [9.17, 15) is 15.0 Å². The van der Waals surface area contributed by atoms with Crippen molar-refractivity contribution in [2.24, 2.45) is 40.9 Å². The van der Waals surface area contributed by atoms with Gasteiger partial charge in [0.15, 0.2) is 0 Å². The third-order valence-corrected chi connectivity index (χ3v) is 6.23. The van der Waals surface area contributed by atoms with Gasteiger partial charge in [-0.05, 0) is 36.0 Å². The van der Waals surface area contributed by atoms with E-state index in [0.29, 0.717) is 30.1 Å². The first-order valence-electron chi connectivity index (χ1n) is 7.29. The molecule has 3 nitrogen and oxygen atoms in total. The van der Waals surface area contributed by atoms with Crippen LogP contribution in [0.2, 0.25) is 0 Å². The maximum atomic E-state index is 12.3. The van der Waals surface area contributed by atoms with Crippen molar-refractivity contribution in [2.45, 2.75) is 33.1 Å². The normalized spacial score (nSPS) is 54.8. The molecule has 0 aromatic carbocycles. The summed E-state index contributed by atoms with van der Waals surface area (Å²) in [7, 11) is 0. The largest absolute Gasteiger partial charge is 0.396 e. The van der Waals surface area contributed by atoms with E-state index in [-0.39, 0.29) is 36.2 Å². The van der Waals surface area contributed by atoms with Crippen LogP contribution in [0.4, 0.5) is 0 Å². The summed E-state index contributed by atoms with van der Waals surface area (Å²) < 4.78 is 0. The molecule has 0 saturated heterocycles. The van der Waals surface area contributed by atoms with Gasteiger partial charge in [0.1, 0.15) is 5.78 Å². The van der Waals surface area contributed by atoms with Gasteiger partial charge in [0.05, 0.1) is 0 Å². The second-order valence-electron chi connectivity index (χ2n) is 7.08. The maximum absolute atomic E-state index is 12.3. The van der Waals surface area contributed by atoms with E-state index in [0.717, 1.165) is 6.42 Å². The molecule has 0 heterocycles. The topological polar surface area (TPSA) is 57.5 Å². The molecular weight excluding hydrogens is 228 g/mol. The standard InChI is InChI=1S/C15H24O3/c1-8-3-4-10-9(6-16)5-11(18)13-14(12(8)10)15(13,2)7-17/h8-10,12-14,16-17H,3-7H2,1-2H3/t8-,9-,10-,12-,13-,14+,15+/m1/s1. The van der Waals surface area contributed by atoms with Gasteiger partial charge in [-0.1, -0.05) is 20.3 Å². The van der Waals surface area contributed by atoms with Gasteiger partial charge in [0.25, 0.3) is 0 Å². The molecule has 3 fully saturated rings. The van der Waals surface area contributed by atoms with Crippen LogP contribution in [0.25, 0.3) is 0 Å². The highest BCUT2D eigenvalue weighted by molar-refractivity contribution is 5.86. The van der Waals surface area contributed by atoms with E-state index in [1.165, 1.54) is 6.42 Å². The first-order chi connectivity index (χ1) is 8.54. The lowest BCUT2D eigenvalue weighted by Gasteiger charge is -2.29. The Hall–Kier alpha value is -0.410. The zero-order valence-corrected chi connectivity index (χ0v) is 11.3. The minimum Gasteiger partial charge on any atom is -0.396 e. The molecule has 0 radical (unpaired) electrons. The van der Waals surface area contributed by atoms with Gasteiger partial charge in [-0.25, -0.2) is 0 Å². The average molecular weight is 252 g/mol. The molecule has 0 aliphatic heterocycles. The zero-order chi connectivity index (χ0) is 13.1. The van der Waals surface area contributed by atoms with Crippen LogP contribution in [-0.2, 0) is 4.79 Å². The van der Waals surface area contributed by atoms with Gasteiger partial charge in [0.2, 0.25) is 0 Å². The van der Waals surface area contributed by atoms with Gasteiger partial charge >= 0.3 is 0 Å². The fourth-order valence-corrected chi connectivity index (χ4v) is 5.20. The molecule has 102 valence electrons. The van der Waals surface area contributed by atoms with Crippen molar-refractivity contribution in [3.05, 3.63) is 0 Å². The third-order valence-electron chi connectivity index (χ3n) is 6.23. The molecule has 3 aliphatic carbocycles. The van der Waals surface area contributed by atoms with Gasteiger partial charge in [0, 0.05) is 31.0 Å². The Balaban J connectivity index is 1.95. The summed E-state index contributed by atoms with van der Waals surface area (Å²) in [5.74, 6) is 2.56. The van der Waals surface area contributed by atoms with Crippen LogP contribution in [0.15, 0.2) is 0 Å². The van der Waals surface area contributed by atoms with Gasteiger partial charge in [-0.2, -0.15) is 0 Å². The number of carbonyl (C=O) groups is 1. The quantitative estimate of drug-likeness (QED) is 0.782. The first-order valence-corrected chi connectivity index (χ1v) is 7.29. The molecular formula is C15H24O3. The number of hydrogen-bond acceptors (Lipinski definition) is 3. The smallest absolute Gasteiger partial charge is 0.137 e. The highest BCUT2D eigenvalue weighted by Gasteiger charge is 2.70. The Morgan fingerprint density at radius 1 is 1.33 bits per heavy atom. The number of rotatable bonds is 2. The van der Waals surface area contributed by atoms with Gasteiger partial charge < -0.3 is 10.2 Å². The summed E-state index contributed by atoms with van der Waals surface area (Å²) in [5, 5.41) is 19.2. The Morgan fingerprint density at radius 2 is 2.06 bits per heavy atom. The lowest BCUT2D eigenvalue weighted by atomic mass is 9.76. The molecule has 3 aliphatic rings. The number of aliphatic hydroxyl groups is 2. The summed E-state index contributed by atoms with van der Waals surface area (Å²) in [6.45, 7) is 4.63. The van der Waals surface area contributed by atoms with Crippen molar-refractivity contribution >= 4 is 5.78 Å². The predicted molar refractivity (Wildman–Crippen MR) is 67.8 cm³/mol. The molecule has 0 unspecified atom stereocenters. The van der Waals surface area contributed by atoms with Gasteiger partial charge in [-0.15, -0.1) is 0 Å².